The summed E-state index contributed by atoms with van der Waals surface area (Å²) in [5.41, 5.74) is 6.96. The van der Waals surface area contributed by atoms with Gasteiger partial charge in [0.1, 0.15) is 0 Å². The number of hydrogen-bond acceptors (Lipinski definition) is 4. The molecule has 0 unspecified atom stereocenters. The Labute approximate surface area is 94.2 Å². The van der Waals surface area contributed by atoms with Crippen LogP contribution in [0.5, 0.6) is 0 Å². The number of thiophene rings is 1. The molecule has 3 nitrogen and oxygen atoms in total. The molecular weight excluding hydrogens is 210 g/mol. The first kappa shape index (κ1) is 12.0. The third kappa shape index (κ3) is 2.72. The highest BCUT2D eigenvalue weighted by atomic mass is 32.1. The molecule has 4 heteroatoms. The van der Waals surface area contributed by atoms with Crippen molar-refractivity contribution in [3.05, 3.63) is 15.8 Å². The van der Waals surface area contributed by atoms with Gasteiger partial charge in [-0.05, 0) is 19.8 Å². The molecule has 0 saturated carbocycles. The van der Waals surface area contributed by atoms with Gasteiger partial charge in [0.25, 0.3) is 0 Å². The Balaban J connectivity index is 2.91. The molecule has 0 aliphatic heterocycles. The van der Waals surface area contributed by atoms with E-state index in [0.717, 1.165) is 4.88 Å². The van der Waals surface area contributed by atoms with Crippen molar-refractivity contribution in [3.8, 4) is 0 Å². The summed E-state index contributed by atoms with van der Waals surface area (Å²) in [6, 6.07) is 0. The highest BCUT2D eigenvalue weighted by molar-refractivity contribution is 7.11. The molecule has 15 heavy (non-hydrogen) atoms. The minimum atomic E-state index is -0.328. The minimum absolute atomic E-state index is 0.112. The maximum absolute atomic E-state index is 11.6. The molecule has 0 aliphatic rings. The molecule has 0 saturated heterocycles. The monoisotopic (exact) mass is 227 g/mol. The Morgan fingerprint density at radius 3 is 2.40 bits per heavy atom. The zero-order chi connectivity index (χ0) is 11.6. The SMILES string of the molecule is CC(C)OC(=O)c1csc(C(C)C)c1N. The maximum Gasteiger partial charge on any atom is 0.341 e. The summed E-state index contributed by atoms with van der Waals surface area (Å²) in [4.78, 5) is 12.7. The summed E-state index contributed by atoms with van der Waals surface area (Å²) >= 11 is 1.51. The first-order valence-electron chi connectivity index (χ1n) is 5.01. The first-order chi connectivity index (χ1) is 6.93. The summed E-state index contributed by atoms with van der Waals surface area (Å²) in [7, 11) is 0. The standard InChI is InChI=1S/C11H17NO2S/c1-6(2)10-9(12)8(5-15-10)11(13)14-7(3)4/h5-7H,12H2,1-4H3. The predicted octanol–water partition coefficient (Wildman–Crippen LogP) is 3.02. The van der Waals surface area contributed by atoms with Gasteiger partial charge in [0.15, 0.2) is 0 Å². The van der Waals surface area contributed by atoms with Crippen molar-refractivity contribution >= 4 is 23.0 Å². The normalized spacial score (nSPS) is 11.1. The van der Waals surface area contributed by atoms with Gasteiger partial charge in [0.05, 0.1) is 17.4 Å². The fourth-order valence-electron chi connectivity index (χ4n) is 1.26. The number of anilines is 1. The number of carbonyl (C=O) groups excluding carboxylic acids is 1. The average molecular weight is 227 g/mol. The Morgan fingerprint density at radius 2 is 2.00 bits per heavy atom. The van der Waals surface area contributed by atoms with Crippen LogP contribution in [0.1, 0.15) is 48.8 Å². The molecule has 0 spiro atoms. The van der Waals surface area contributed by atoms with Gasteiger partial charge in [0, 0.05) is 10.3 Å². The summed E-state index contributed by atoms with van der Waals surface area (Å²) < 4.78 is 5.10. The first-order valence-corrected chi connectivity index (χ1v) is 5.89. The molecule has 84 valence electrons. The molecule has 0 aromatic carbocycles. The van der Waals surface area contributed by atoms with E-state index < -0.39 is 0 Å². The number of carbonyl (C=O) groups is 1. The second kappa shape index (κ2) is 4.66. The van der Waals surface area contributed by atoms with Crippen LogP contribution in [-0.4, -0.2) is 12.1 Å². The predicted molar refractivity (Wildman–Crippen MR) is 63.4 cm³/mol. The number of hydrogen-bond donors (Lipinski definition) is 1. The fraction of sp³-hybridized carbons (Fsp3) is 0.545. The van der Waals surface area contributed by atoms with E-state index in [1.54, 1.807) is 5.38 Å². The Bertz CT molecular complexity index is 355. The lowest BCUT2D eigenvalue weighted by Gasteiger charge is -2.08. The van der Waals surface area contributed by atoms with E-state index in [9.17, 15) is 4.79 Å². The van der Waals surface area contributed by atoms with Crippen LogP contribution in [0.15, 0.2) is 5.38 Å². The van der Waals surface area contributed by atoms with Crippen molar-refractivity contribution in [1.29, 1.82) is 0 Å². The number of nitrogens with two attached hydrogens (primary N) is 1. The number of ether oxygens (including phenoxy) is 1. The minimum Gasteiger partial charge on any atom is -0.459 e. The zero-order valence-corrected chi connectivity index (χ0v) is 10.4. The maximum atomic E-state index is 11.6. The number of esters is 1. The van der Waals surface area contributed by atoms with E-state index >= 15 is 0 Å². The van der Waals surface area contributed by atoms with Gasteiger partial charge in [-0.2, -0.15) is 0 Å². The van der Waals surface area contributed by atoms with Crippen LogP contribution in [-0.2, 0) is 4.74 Å². The van der Waals surface area contributed by atoms with Gasteiger partial charge in [-0.3, -0.25) is 0 Å². The van der Waals surface area contributed by atoms with Crippen LogP contribution in [0.25, 0.3) is 0 Å². The largest absolute Gasteiger partial charge is 0.459 e. The smallest absolute Gasteiger partial charge is 0.341 e. The highest BCUT2D eigenvalue weighted by Gasteiger charge is 2.18. The third-order valence-electron chi connectivity index (χ3n) is 1.95. The molecule has 2 N–H and O–H groups in total. The van der Waals surface area contributed by atoms with E-state index in [4.69, 9.17) is 10.5 Å². The zero-order valence-electron chi connectivity index (χ0n) is 9.53. The van der Waals surface area contributed by atoms with Crippen LogP contribution < -0.4 is 5.73 Å². The van der Waals surface area contributed by atoms with E-state index in [1.807, 2.05) is 13.8 Å². The van der Waals surface area contributed by atoms with Crippen molar-refractivity contribution in [3.63, 3.8) is 0 Å². The van der Waals surface area contributed by atoms with Crippen molar-refractivity contribution < 1.29 is 9.53 Å². The van der Waals surface area contributed by atoms with Crippen LogP contribution in [0.2, 0.25) is 0 Å². The van der Waals surface area contributed by atoms with Crippen molar-refractivity contribution in [2.75, 3.05) is 5.73 Å². The molecule has 0 radical (unpaired) electrons. The summed E-state index contributed by atoms with van der Waals surface area (Å²) in [6.45, 7) is 7.76. The fourth-order valence-corrected chi connectivity index (χ4v) is 2.24. The van der Waals surface area contributed by atoms with Gasteiger partial charge < -0.3 is 10.5 Å². The molecule has 0 atom stereocenters. The van der Waals surface area contributed by atoms with Crippen LogP contribution in [0, 0.1) is 0 Å². The molecule has 0 aliphatic carbocycles. The lowest BCUT2D eigenvalue weighted by atomic mass is 10.1. The number of rotatable bonds is 3. The van der Waals surface area contributed by atoms with Gasteiger partial charge >= 0.3 is 5.97 Å². The topological polar surface area (TPSA) is 52.3 Å². The van der Waals surface area contributed by atoms with Gasteiger partial charge in [-0.25, -0.2) is 4.79 Å². The molecule has 1 heterocycles. The van der Waals surface area contributed by atoms with Crippen LogP contribution in [0.4, 0.5) is 5.69 Å². The van der Waals surface area contributed by atoms with Crippen molar-refractivity contribution in [2.45, 2.75) is 39.7 Å². The Hall–Kier alpha value is -1.03. The lowest BCUT2D eigenvalue weighted by Crippen LogP contribution is -2.12. The molecule has 1 aromatic rings. The van der Waals surface area contributed by atoms with Crippen molar-refractivity contribution in [2.24, 2.45) is 0 Å². The van der Waals surface area contributed by atoms with E-state index in [2.05, 4.69) is 13.8 Å². The average Bonchev–Trinajstić information content (AvgIpc) is 2.45. The Kier molecular flexibility index (Phi) is 3.74. The lowest BCUT2D eigenvalue weighted by molar-refractivity contribution is 0.0380. The van der Waals surface area contributed by atoms with Crippen LogP contribution >= 0.6 is 11.3 Å². The van der Waals surface area contributed by atoms with Crippen molar-refractivity contribution in [1.82, 2.24) is 0 Å². The summed E-state index contributed by atoms with van der Waals surface area (Å²) in [6.07, 6.45) is -0.112. The molecule has 0 fully saturated rings. The molecule has 1 rings (SSSR count). The third-order valence-corrected chi connectivity index (χ3v) is 3.25. The second-order valence-corrected chi connectivity index (χ2v) is 4.95. The van der Waals surface area contributed by atoms with Gasteiger partial charge in [-0.15, -0.1) is 11.3 Å². The Morgan fingerprint density at radius 1 is 1.40 bits per heavy atom. The number of nitrogen functional groups attached to an aromatic ring is 1. The highest BCUT2D eigenvalue weighted by Crippen LogP contribution is 2.32. The van der Waals surface area contributed by atoms with Crippen LogP contribution in [0.3, 0.4) is 0 Å². The van der Waals surface area contributed by atoms with E-state index in [0.29, 0.717) is 17.2 Å². The second-order valence-electron chi connectivity index (χ2n) is 4.04. The summed E-state index contributed by atoms with van der Waals surface area (Å²) in [5.74, 6) is 0.0150. The van der Waals surface area contributed by atoms with E-state index in [1.165, 1.54) is 11.3 Å². The molecule has 0 bridgehead atoms. The molecule has 1 aromatic heterocycles. The quantitative estimate of drug-likeness (QED) is 0.807. The van der Waals surface area contributed by atoms with E-state index in [-0.39, 0.29) is 12.1 Å². The molecule has 0 amide bonds. The van der Waals surface area contributed by atoms with Gasteiger partial charge in [0.2, 0.25) is 0 Å². The summed E-state index contributed by atoms with van der Waals surface area (Å²) in [5, 5.41) is 1.77. The van der Waals surface area contributed by atoms with Gasteiger partial charge in [-0.1, -0.05) is 13.8 Å². The molecular formula is C11H17NO2S.